The quantitative estimate of drug-likeness (QED) is 0.687. The summed E-state index contributed by atoms with van der Waals surface area (Å²) in [5.74, 6) is 2.61. The molecule has 0 aliphatic heterocycles. The summed E-state index contributed by atoms with van der Waals surface area (Å²) >= 11 is 5.94. The molecule has 62 valence electrons. The number of hydrogen-bond acceptors (Lipinski definition) is 1. The second-order valence-electron chi connectivity index (χ2n) is 2.41. The number of rotatable bonds is 2. The summed E-state index contributed by atoms with van der Waals surface area (Å²) in [5.41, 5.74) is 0.948. The van der Waals surface area contributed by atoms with E-state index in [1.54, 1.807) is 0 Å². The molecule has 1 rings (SSSR count). The third-order valence-corrected chi connectivity index (χ3v) is 2.02. The highest BCUT2D eigenvalue weighted by atomic mass is 35.5. The van der Waals surface area contributed by atoms with Crippen molar-refractivity contribution in [1.82, 2.24) is 5.32 Å². The van der Waals surface area contributed by atoms with Crippen molar-refractivity contribution >= 4 is 11.6 Å². The summed E-state index contributed by atoms with van der Waals surface area (Å²) in [5, 5.41) is 3.69. The molecule has 0 saturated carbocycles. The van der Waals surface area contributed by atoms with Gasteiger partial charge in [-0.2, -0.15) is 0 Å². The van der Waals surface area contributed by atoms with E-state index in [1.165, 1.54) is 0 Å². The van der Waals surface area contributed by atoms with Crippen LogP contribution in [0, 0.1) is 12.3 Å². The van der Waals surface area contributed by atoms with Crippen LogP contribution in [0.4, 0.5) is 0 Å². The Morgan fingerprint density at radius 2 is 2.17 bits per heavy atom. The van der Waals surface area contributed by atoms with Gasteiger partial charge in [-0.1, -0.05) is 35.7 Å². The standard InChI is InChI=1S/C10H10ClN/c1-3-10(12-2)8-6-4-5-7-9(8)11/h1,4-7,10,12H,2H3. The average Bonchev–Trinajstić information content (AvgIpc) is 2.10. The van der Waals surface area contributed by atoms with E-state index in [1.807, 2.05) is 31.3 Å². The van der Waals surface area contributed by atoms with E-state index >= 15 is 0 Å². The molecule has 1 aromatic rings. The van der Waals surface area contributed by atoms with Gasteiger partial charge in [-0.3, -0.25) is 0 Å². The summed E-state index contributed by atoms with van der Waals surface area (Å²) in [6.07, 6.45) is 5.31. The van der Waals surface area contributed by atoms with E-state index in [0.717, 1.165) is 5.56 Å². The molecule has 1 nitrogen and oxygen atoms in total. The minimum atomic E-state index is -0.0984. The zero-order valence-electron chi connectivity index (χ0n) is 6.84. The summed E-state index contributed by atoms with van der Waals surface area (Å²) in [7, 11) is 1.81. The molecular weight excluding hydrogens is 170 g/mol. The Hall–Kier alpha value is -0.970. The van der Waals surface area contributed by atoms with Crippen molar-refractivity contribution in [2.24, 2.45) is 0 Å². The molecule has 2 heteroatoms. The summed E-state index contributed by atoms with van der Waals surface area (Å²) < 4.78 is 0. The van der Waals surface area contributed by atoms with Crippen LogP contribution in [-0.4, -0.2) is 7.05 Å². The van der Waals surface area contributed by atoms with Gasteiger partial charge >= 0.3 is 0 Å². The Kier molecular flexibility index (Phi) is 3.16. The normalized spacial score (nSPS) is 12.1. The van der Waals surface area contributed by atoms with E-state index < -0.39 is 0 Å². The number of hydrogen-bond donors (Lipinski definition) is 1. The summed E-state index contributed by atoms with van der Waals surface area (Å²) in [6, 6.07) is 7.46. The number of benzene rings is 1. The van der Waals surface area contributed by atoms with E-state index in [4.69, 9.17) is 18.0 Å². The molecule has 0 fully saturated rings. The Morgan fingerprint density at radius 1 is 1.50 bits per heavy atom. The molecule has 0 aliphatic carbocycles. The topological polar surface area (TPSA) is 12.0 Å². The van der Waals surface area contributed by atoms with Gasteiger partial charge in [-0.15, -0.1) is 6.42 Å². The van der Waals surface area contributed by atoms with Crippen LogP contribution in [0.15, 0.2) is 24.3 Å². The molecule has 1 aromatic carbocycles. The second kappa shape index (κ2) is 4.15. The minimum absolute atomic E-state index is 0.0984. The van der Waals surface area contributed by atoms with Gasteiger partial charge < -0.3 is 5.32 Å². The fourth-order valence-corrected chi connectivity index (χ4v) is 1.28. The van der Waals surface area contributed by atoms with Crippen LogP contribution in [0.1, 0.15) is 11.6 Å². The predicted molar refractivity (Wildman–Crippen MR) is 52.1 cm³/mol. The van der Waals surface area contributed by atoms with Crippen LogP contribution in [0.2, 0.25) is 5.02 Å². The Bertz CT molecular complexity index is 301. The molecule has 1 N–H and O–H groups in total. The highest BCUT2D eigenvalue weighted by Crippen LogP contribution is 2.21. The molecule has 0 saturated heterocycles. The van der Waals surface area contributed by atoms with Crippen molar-refractivity contribution in [2.45, 2.75) is 6.04 Å². The lowest BCUT2D eigenvalue weighted by molar-refractivity contribution is 0.737. The van der Waals surface area contributed by atoms with Crippen molar-refractivity contribution in [2.75, 3.05) is 7.05 Å². The third kappa shape index (κ3) is 1.79. The van der Waals surface area contributed by atoms with Crippen LogP contribution in [-0.2, 0) is 0 Å². The fraction of sp³-hybridized carbons (Fsp3) is 0.200. The van der Waals surface area contributed by atoms with Crippen LogP contribution in [0.3, 0.4) is 0 Å². The van der Waals surface area contributed by atoms with Crippen molar-refractivity contribution in [3.05, 3.63) is 34.9 Å². The molecule has 12 heavy (non-hydrogen) atoms. The molecule has 1 atom stereocenters. The first-order valence-electron chi connectivity index (χ1n) is 3.67. The monoisotopic (exact) mass is 179 g/mol. The molecule has 0 heterocycles. The van der Waals surface area contributed by atoms with Crippen molar-refractivity contribution in [3.8, 4) is 12.3 Å². The zero-order chi connectivity index (χ0) is 8.97. The second-order valence-corrected chi connectivity index (χ2v) is 2.82. The smallest absolute Gasteiger partial charge is 0.0955 e. The molecular formula is C10H10ClN. The van der Waals surface area contributed by atoms with Crippen molar-refractivity contribution in [1.29, 1.82) is 0 Å². The number of halogens is 1. The van der Waals surface area contributed by atoms with E-state index in [-0.39, 0.29) is 6.04 Å². The maximum atomic E-state index is 5.94. The molecule has 0 aromatic heterocycles. The van der Waals surface area contributed by atoms with Crippen molar-refractivity contribution < 1.29 is 0 Å². The maximum absolute atomic E-state index is 5.94. The first kappa shape index (κ1) is 9.12. The zero-order valence-corrected chi connectivity index (χ0v) is 7.60. The largest absolute Gasteiger partial charge is 0.303 e. The molecule has 0 aliphatic rings. The van der Waals surface area contributed by atoms with Gasteiger partial charge in [-0.25, -0.2) is 0 Å². The SMILES string of the molecule is C#CC(NC)c1ccccc1Cl. The Balaban J connectivity index is 3.02. The van der Waals surface area contributed by atoms with Gasteiger partial charge in [0.15, 0.2) is 0 Å². The van der Waals surface area contributed by atoms with E-state index in [2.05, 4.69) is 11.2 Å². The van der Waals surface area contributed by atoms with Crippen LogP contribution < -0.4 is 5.32 Å². The van der Waals surface area contributed by atoms with Gasteiger partial charge in [-0.05, 0) is 18.7 Å². The first-order valence-corrected chi connectivity index (χ1v) is 4.05. The lowest BCUT2D eigenvalue weighted by Crippen LogP contribution is -2.14. The fourth-order valence-electron chi connectivity index (χ4n) is 1.04. The highest BCUT2D eigenvalue weighted by Gasteiger charge is 2.07. The number of terminal acetylenes is 1. The van der Waals surface area contributed by atoms with Gasteiger partial charge in [0.2, 0.25) is 0 Å². The summed E-state index contributed by atoms with van der Waals surface area (Å²) in [4.78, 5) is 0. The summed E-state index contributed by atoms with van der Waals surface area (Å²) in [6.45, 7) is 0. The highest BCUT2D eigenvalue weighted by molar-refractivity contribution is 6.31. The Morgan fingerprint density at radius 3 is 2.67 bits per heavy atom. The molecule has 0 bridgehead atoms. The maximum Gasteiger partial charge on any atom is 0.0955 e. The van der Waals surface area contributed by atoms with Crippen LogP contribution in [0.5, 0.6) is 0 Å². The van der Waals surface area contributed by atoms with E-state index in [0.29, 0.717) is 5.02 Å². The Labute approximate surface area is 77.7 Å². The van der Waals surface area contributed by atoms with Gasteiger partial charge in [0.1, 0.15) is 0 Å². The molecule has 0 radical (unpaired) electrons. The first-order chi connectivity index (χ1) is 5.79. The van der Waals surface area contributed by atoms with Crippen LogP contribution >= 0.6 is 11.6 Å². The molecule has 1 unspecified atom stereocenters. The van der Waals surface area contributed by atoms with Gasteiger partial charge in [0, 0.05) is 5.02 Å². The lowest BCUT2D eigenvalue weighted by Gasteiger charge is -2.10. The molecule has 0 spiro atoms. The van der Waals surface area contributed by atoms with Gasteiger partial charge in [0.25, 0.3) is 0 Å². The minimum Gasteiger partial charge on any atom is -0.303 e. The van der Waals surface area contributed by atoms with Gasteiger partial charge in [0.05, 0.1) is 6.04 Å². The number of nitrogens with one attached hydrogen (secondary N) is 1. The van der Waals surface area contributed by atoms with Crippen molar-refractivity contribution in [3.63, 3.8) is 0 Å². The average molecular weight is 180 g/mol. The lowest BCUT2D eigenvalue weighted by atomic mass is 10.1. The van der Waals surface area contributed by atoms with Crippen LogP contribution in [0.25, 0.3) is 0 Å². The third-order valence-electron chi connectivity index (χ3n) is 1.67. The van der Waals surface area contributed by atoms with E-state index in [9.17, 15) is 0 Å². The molecule has 0 amide bonds. The predicted octanol–water partition coefficient (Wildman–Crippen LogP) is 2.23.